The SMILES string of the molecule is CC.CNCCC(C)(C)OCCC(C)(C)NC(=O)CCN1C(=O)C=CC1=O. The lowest BCUT2D eigenvalue weighted by atomic mass is 10.00. The molecule has 0 aromatic rings. The largest absolute Gasteiger partial charge is 0.375 e. The molecular formula is C20H37N3O4. The van der Waals surface area contributed by atoms with E-state index in [1.807, 2.05) is 48.6 Å². The zero-order valence-electron chi connectivity index (χ0n) is 18.0. The Morgan fingerprint density at radius 3 is 2.15 bits per heavy atom. The number of rotatable bonds is 11. The Morgan fingerprint density at radius 1 is 1.07 bits per heavy atom. The van der Waals surface area contributed by atoms with Crippen LogP contribution in [0.2, 0.25) is 0 Å². The van der Waals surface area contributed by atoms with Crippen LogP contribution in [-0.2, 0) is 19.1 Å². The molecule has 0 bridgehead atoms. The molecule has 0 aromatic carbocycles. The van der Waals surface area contributed by atoms with Crippen LogP contribution in [0.25, 0.3) is 0 Å². The number of imide groups is 1. The summed E-state index contributed by atoms with van der Waals surface area (Å²) in [6.45, 7) is 13.5. The minimum absolute atomic E-state index is 0.0944. The lowest BCUT2D eigenvalue weighted by molar-refractivity contribution is -0.137. The highest BCUT2D eigenvalue weighted by atomic mass is 16.5. The van der Waals surface area contributed by atoms with E-state index in [-0.39, 0.29) is 36.3 Å². The van der Waals surface area contributed by atoms with Gasteiger partial charge in [-0.1, -0.05) is 13.8 Å². The number of hydrogen-bond donors (Lipinski definition) is 2. The molecule has 3 amide bonds. The second kappa shape index (κ2) is 11.9. The third kappa shape index (κ3) is 10.2. The predicted molar refractivity (Wildman–Crippen MR) is 107 cm³/mol. The van der Waals surface area contributed by atoms with Crippen molar-refractivity contribution < 1.29 is 19.1 Å². The van der Waals surface area contributed by atoms with E-state index in [2.05, 4.69) is 10.6 Å². The third-order valence-electron chi connectivity index (χ3n) is 4.14. The molecule has 0 saturated carbocycles. The van der Waals surface area contributed by atoms with Crippen molar-refractivity contribution >= 4 is 17.7 Å². The summed E-state index contributed by atoms with van der Waals surface area (Å²) in [5.41, 5.74) is -0.639. The van der Waals surface area contributed by atoms with Gasteiger partial charge >= 0.3 is 0 Å². The van der Waals surface area contributed by atoms with Crippen LogP contribution in [0.4, 0.5) is 0 Å². The number of amides is 3. The summed E-state index contributed by atoms with van der Waals surface area (Å²) in [7, 11) is 1.91. The second-order valence-corrected chi connectivity index (χ2v) is 7.56. The van der Waals surface area contributed by atoms with Crippen LogP contribution in [0.1, 0.15) is 60.8 Å². The van der Waals surface area contributed by atoms with Crippen LogP contribution in [0.3, 0.4) is 0 Å². The molecule has 27 heavy (non-hydrogen) atoms. The molecule has 0 atom stereocenters. The number of carbonyl (C=O) groups is 3. The molecule has 1 aliphatic heterocycles. The average molecular weight is 384 g/mol. The second-order valence-electron chi connectivity index (χ2n) is 7.56. The van der Waals surface area contributed by atoms with Gasteiger partial charge in [-0.25, -0.2) is 0 Å². The Hall–Kier alpha value is -1.73. The average Bonchev–Trinajstić information content (AvgIpc) is 2.90. The highest BCUT2D eigenvalue weighted by Gasteiger charge is 2.26. The van der Waals surface area contributed by atoms with E-state index in [1.165, 1.54) is 12.2 Å². The third-order valence-corrected chi connectivity index (χ3v) is 4.14. The van der Waals surface area contributed by atoms with Crippen molar-refractivity contribution in [1.82, 2.24) is 15.5 Å². The molecule has 0 saturated heterocycles. The number of nitrogens with one attached hydrogen (secondary N) is 2. The van der Waals surface area contributed by atoms with Crippen molar-refractivity contribution in [3.63, 3.8) is 0 Å². The molecule has 0 fully saturated rings. The van der Waals surface area contributed by atoms with E-state index in [9.17, 15) is 14.4 Å². The Labute approximate surface area is 163 Å². The molecule has 7 nitrogen and oxygen atoms in total. The first-order valence-corrected chi connectivity index (χ1v) is 9.69. The summed E-state index contributed by atoms with van der Waals surface area (Å²) in [6, 6.07) is 0. The van der Waals surface area contributed by atoms with Gasteiger partial charge in [-0.05, 0) is 54.1 Å². The van der Waals surface area contributed by atoms with Gasteiger partial charge in [0.15, 0.2) is 0 Å². The monoisotopic (exact) mass is 383 g/mol. The maximum Gasteiger partial charge on any atom is 0.253 e. The van der Waals surface area contributed by atoms with Gasteiger partial charge in [-0.15, -0.1) is 0 Å². The predicted octanol–water partition coefficient (Wildman–Crippen LogP) is 2.02. The highest BCUT2D eigenvalue weighted by molar-refractivity contribution is 6.13. The van der Waals surface area contributed by atoms with Crippen molar-refractivity contribution in [1.29, 1.82) is 0 Å². The van der Waals surface area contributed by atoms with Crippen LogP contribution in [0, 0.1) is 0 Å². The molecule has 1 rings (SSSR count). The maximum atomic E-state index is 12.1. The van der Waals surface area contributed by atoms with E-state index >= 15 is 0 Å². The van der Waals surface area contributed by atoms with Crippen molar-refractivity contribution in [2.75, 3.05) is 26.7 Å². The van der Waals surface area contributed by atoms with Crippen LogP contribution in [0.5, 0.6) is 0 Å². The van der Waals surface area contributed by atoms with E-state index in [0.29, 0.717) is 13.0 Å². The fourth-order valence-corrected chi connectivity index (χ4v) is 2.45. The molecule has 156 valence electrons. The molecule has 0 aliphatic carbocycles. The standard InChI is InChI=1S/C18H31N3O4.C2H6/c1-17(2,10-13-25-18(3,4)9-11-19-5)20-14(22)8-12-21-15(23)6-7-16(21)24;1-2/h6-7,19H,8-13H2,1-5H3,(H,20,22);1-2H3. The van der Waals surface area contributed by atoms with E-state index in [4.69, 9.17) is 4.74 Å². The van der Waals surface area contributed by atoms with E-state index in [0.717, 1.165) is 17.9 Å². The van der Waals surface area contributed by atoms with Gasteiger partial charge in [-0.2, -0.15) is 0 Å². The van der Waals surface area contributed by atoms with Crippen LogP contribution in [-0.4, -0.2) is 60.5 Å². The Morgan fingerprint density at radius 2 is 1.63 bits per heavy atom. The number of carbonyl (C=O) groups excluding carboxylic acids is 3. The van der Waals surface area contributed by atoms with Gasteiger partial charge in [0.25, 0.3) is 11.8 Å². The lowest BCUT2D eigenvalue weighted by Gasteiger charge is -2.30. The topological polar surface area (TPSA) is 87.7 Å². The first-order valence-electron chi connectivity index (χ1n) is 9.69. The first-order chi connectivity index (χ1) is 12.6. The van der Waals surface area contributed by atoms with Crippen molar-refractivity contribution in [3.8, 4) is 0 Å². The fraction of sp³-hybridized carbons (Fsp3) is 0.750. The zero-order valence-corrected chi connectivity index (χ0v) is 18.0. The zero-order chi connectivity index (χ0) is 21.1. The summed E-state index contributed by atoms with van der Waals surface area (Å²) < 4.78 is 5.92. The molecular weight excluding hydrogens is 346 g/mol. The van der Waals surface area contributed by atoms with Crippen LogP contribution in [0.15, 0.2) is 12.2 Å². The van der Waals surface area contributed by atoms with Gasteiger partial charge in [0.1, 0.15) is 0 Å². The molecule has 0 radical (unpaired) electrons. The number of ether oxygens (including phenoxy) is 1. The normalized spacial score (nSPS) is 14.3. The molecule has 1 aliphatic rings. The summed E-state index contributed by atoms with van der Waals surface area (Å²) in [4.78, 5) is 36.1. The van der Waals surface area contributed by atoms with Crippen LogP contribution >= 0.6 is 0 Å². The molecule has 0 aromatic heterocycles. The maximum absolute atomic E-state index is 12.1. The van der Waals surface area contributed by atoms with Gasteiger partial charge < -0.3 is 15.4 Å². The van der Waals surface area contributed by atoms with Crippen molar-refractivity contribution in [2.45, 2.75) is 71.9 Å². The van der Waals surface area contributed by atoms with E-state index < -0.39 is 5.54 Å². The van der Waals surface area contributed by atoms with Crippen molar-refractivity contribution in [3.05, 3.63) is 12.2 Å². The smallest absolute Gasteiger partial charge is 0.253 e. The highest BCUT2D eigenvalue weighted by Crippen LogP contribution is 2.17. The van der Waals surface area contributed by atoms with Gasteiger partial charge in [0, 0.05) is 37.3 Å². The molecule has 0 spiro atoms. The summed E-state index contributed by atoms with van der Waals surface area (Å²) in [6.07, 6.45) is 4.11. The summed E-state index contributed by atoms with van der Waals surface area (Å²) in [5, 5.41) is 6.04. The quantitative estimate of drug-likeness (QED) is 0.533. The van der Waals surface area contributed by atoms with Crippen molar-refractivity contribution in [2.24, 2.45) is 0 Å². The Kier molecular flexibility index (Phi) is 11.1. The molecule has 7 heteroatoms. The van der Waals surface area contributed by atoms with E-state index in [1.54, 1.807) is 0 Å². The summed E-state index contributed by atoms with van der Waals surface area (Å²) in [5.74, 6) is -0.921. The van der Waals surface area contributed by atoms with Gasteiger partial charge in [0.05, 0.1) is 5.60 Å². The minimum atomic E-state index is -0.423. The molecule has 1 heterocycles. The Balaban J connectivity index is 0.00000326. The fourth-order valence-electron chi connectivity index (χ4n) is 2.45. The Bertz CT molecular complexity index is 509. The first kappa shape index (κ1) is 25.3. The number of hydrogen-bond acceptors (Lipinski definition) is 5. The van der Waals surface area contributed by atoms with Crippen LogP contribution < -0.4 is 10.6 Å². The van der Waals surface area contributed by atoms with Gasteiger partial charge in [0.2, 0.25) is 5.91 Å². The minimum Gasteiger partial charge on any atom is -0.375 e. The molecule has 2 N–H and O–H groups in total. The summed E-state index contributed by atoms with van der Waals surface area (Å²) >= 11 is 0. The molecule has 0 unspecified atom stereocenters. The number of nitrogens with zero attached hydrogens (tertiary/aromatic N) is 1. The van der Waals surface area contributed by atoms with Gasteiger partial charge in [-0.3, -0.25) is 19.3 Å². The lowest BCUT2D eigenvalue weighted by Crippen LogP contribution is -2.46.